The number of nitrogens with one attached hydrogen (secondary N) is 1. The zero-order valence-corrected chi connectivity index (χ0v) is 13.4. The van der Waals surface area contributed by atoms with Crippen molar-refractivity contribution in [2.75, 3.05) is 19.6 Å². The van der Waals surface area contributed by atoms with Crippen molar-refractivity contribution in [2.24, 2.45) is 5.92 Å². The van der Waals surface area contributed by atoms with E-state index in [1.807, 2.05) is 42.5 Å². The smallest absolute Gasteiger partial charge is 0.251 e. The van der Waals surface area contributed by atoms with Crippen LogP contribution in [0.1, 0.15) is 35.4 Å². The Morgan fingerprint density at radius 1 is 1.13 bits per heavy atom. The maximum atomic E-state index is 12.0. The van der Waals surface area contributed by atoms with Gasteiger partial charge in [-0.25, -0.2) is 0 Å². The summed E-state index contributed by atoms with van der Waals surface area (Å²) >= 11 is 0. The molecule has 1 fully saturated rings. The van der Waals surface area contributed by atoms with E-state index in [1.54, 1.807) is 6.26 Å². The van der Waals surface area contributed by atoms with Crippen molar-refractivity contribution in [1.82, 2.24) is 10.2 Å². The van der Waals surface area contributed by atoms with Crippen LogP contribution in [-0.4, -0.2) is 30.4 Å². The summed E-state index contributed by atoms with van der Waals surface area (Å²) in [7, 11) is 0. The normalized spacial score (nSPS) is 16.3. The van der Waals surface area contributed by atoms with E-state index in [0.29, 0.717) is 5.92 Å². The Bertz CT molecular complexity index is 587. The van der Waals surface area contributed by atoms with Crippen molar-refractivity contribution >= 4 is 5.91 Å². The van der Waals surface area contributed by atoms with Crippen LogP contribution in [0.2, 0.25) is 0 Å². The standard InChI is InChI=1S/C19H24N2O2/c22-19(17-5-2-1-3-6-17)20-11-8-16-9-12-21(13-10-16)15-18-7-4-14-23-18/h1-7,14,16H,8-13,15H2,(H,20,22). The van der Waals surface area contributed by atoms with Crippen molar-refractivity contribution in [3.05, 3.63) is 60.1 Å². The van der Waals surface area contributed by atoms with E-state index >= 15 is 0 Å². The summed E-state index contributed by atoms with van der Waals surface area (Å²) in [5.41, 5.74) is 0.737. The molecule has 1 saturated heterocycles. The minimum absolute atomic E-state index is 0.0286. The first-order chi connectivity index (χ1) is 11.3. The predicted octanol–water partition coefficient (Wildman–Crippen LogP) is 3.31. The van der Waals surface area contributed by atoms with Crippen LogP contribution in [-0.2, 0) is 6.54 Å². The number of hydrogen-bond acceptors (Lipinski definition) is 3. The lowest BCUT2D eigenvalue weighted by Crippen LogP contribution is -2.34. The van der Waals surface area contributed by atoms with Gasteiger partial charge in [0.2, 0.25) is 0 Å². The number of nitrogens with zero attached hydrogens (tertiary/aromatic N) is 1. The van der Waals surface area contributed by atoms with E-state index in [2.05, 4.69) is 10.2 Å². The third-order valence-corrected chi connectivity index (χ3v) is 4.54. The molecule has 0 spiro atoms. The summed E-state index contributed by atoms with van der Waals surface area (Å²) in [5, 5.41) is 3.03. The predicted molar refractivity (Wildman–Crippen MR) is 90.1 cm³/mol. The van der Waals surface area contributed by atoms with Crippen LogP contribution in [0.4, 0.5) is 0 Å². The third-order valence-electron chi connectivity index (χ3n) is 4.54. The minimum Gasteiger partial charge on any atom is -0.468 e. The van der Waals surface area contributed by atoms with E-state index in [0.717, 1.165) is 43.9 Å². The third kappa shape index (κ3) is 4.70. The van der Waals surface area contributed by atoms with Crippen molar-refractivity contribution in [3.8, 4) is 0 Å². The maximum Gasteiger partial charge on any atom is 0.251 e. The molecule has 4 heteroatoms. The number of rotatable bonds is 6. The van der Waals surface area contributed by atoms with Gasteiger partial charge >= 0.3 is 0 Å². The van der Waals surface area contributed by atoms with Gasteiger partial charge in [-0.1, -0.05) is 18.2 Å². The highest BCUT2D eigenvalue weighted by Crippen LogP contribution is 2.21. The van der Waals surface area contributed by atoms with Gasteiger partial charge < -0.3 is 9.73 Å². The second-order valence-corrected chi connectivity index (χ2v) is 6.21. The van der Waals surface area contributed by atoms with Crippen molar-refractivity contribution in [3.63, 3.8) is 0 Å². The van der Waals surface area contributed by atoms with E-state index in [-0.39, 0.29) is 5.91 Å². The van der Waals surface area contributed by atoms with Crippen LogP contribution in [0, 0.1) is 5.92 Å². The van der Waals surface area contributed by atoms with E-state index in [1.165, 1.54) is 12.8 Å². The Labute approximate surface area is 137 Å². The van der Waals surface area contributed by atoms with Gasteiger partial charge in [-0.3, -0.25) is 9.69 Å². The average molecular weight is 312 g/mol. The van der Waals surface area contributed by atoms with E-state index in [4.69, 9.17) is 4.42 Å². The zero-order valence-electron chi connectivity index (χ0n) is 13.4. The Morgan fingerprint density at radius 3 is 2.61 bits per heavy atom. The zero-order chi connectivity index (χ0) is 15.9. The number of carbonyl (C=O) groups is 1. The summed E-state index contributed by atoms with van der Waals surface area (Å²) < 4.78 is 5.41. The molecule has 1 amide bonds. The number of carbonyl (C=O) groups excluding carboxylic acids is 1. The molecule has 0 atom stereocenters. The van der Waals surface area contributed by atoms with Gasteiger partial charge in [0.15, 0.2) is 0 Å². The molecule has 3 rings (SSSR count). The molecular weight excluding hydrogens is 288 g/mol. The first-order valence-electron chi connectivity index (χ1n) is 8.39. The van der Waals surface area contributed by atoms with Crippen LogP contribution >= 0.6 is 0 Å². The molecule has 2 heterocycles. The Kier molecular flexibility index (Phi) is 5.48. The fourth-order valence-corrected chi connectivity index (χ4v) is 3.14. The van der Waals surface area contributed by atoms with E-state index < -0.39 is 0 Å². The van der Waals surface area contributed by atoms with Gasteiger partial charge in [0.1, 0.15) is 5.76 Å². The fraction of sp³-hybridized carbons (Fsp3) is 0.421. The van der Waals surface area contributed by atoms with Crippen molar-refractivity contribution in [2.45, 2.75) is 25.8 Å². The molecule has 1 aliphatic rings. The van der Waals surface area contributed by atoms with Gasteiger partial charge in [-0.15, -0.1) is 0 Å². The lowest BCUT2D eigenvalue weighted by atomic mass is 9.93. The number of amides is 1. The first kappa shape index (κ1) is 15.8. The molecule has 0 radical (unpaired) electrons. The molecule has 1 aromatic carbocycles. The van der Waals surface area contributed by atoms with Gasteiger partial charge in [0, 0.05) is 12.1 Å². The Balaban J connectivity index is 1.34. The lowest BCUT2D eigenvalue weighted by molar-refractivity contribution is 0.0947. The Hall–Kier alpha value is -2.07. The molecule has 23 heavy (non-hydrogen) atoms. The molecule has 4 nitrogen and oxygen atoms in total. The summed E-state index contributed by atoms with van der Waals surface area (Å²) in [6.45, 7) is 3.89. The number of benzene rings is 1. The molecule has 2 aromatic rings. The number of furan rings is 1. The number of piperidine rings is 1. The molecule has 0 saturated carbocycles. The maximum absolute atomic E-state index is 12.0. The molecule has 1 aromatic heterocycles. The molecule has 0 bridgehead atoms. The molecule has 122 valence electrons. The SMILES string of the molecule is O=C(NCCC1CCN(Cc2ccco2)CC1)c1ccccc1. The summed E-state index contributed by atoms with van der Waals surface area (Å²) in [4.78, 5) is 14.4. The van der Waals surface area contributed by atoms with Gasteiger partial charge in [0.05, 0.1) is 12.8 Å². The Morgan fingerprint density at radius 2 is 1.91 bits per heavy atom. The topological polar surface area (TPSA) is 45.5 Å². The molecule has 1 N–H and O–H groups in total. The molecular formula is C19H24N2O2. The van der Waals surface area contributed by atoms with Gasteiger partial charge in [-0.2, -0.15) is 0 Å². The average Bonchev–Trinajstić information content (AvgIpc) is 3.10. The largest absolute Gasteiger partial charge is 0.468 e. The fourth-order valence-electron chi connectivity index (χ4n) is 3.14. The number of likely N-dealkylation sites (tertiary alicyclic amines) is 1. The first-order valence-corrected chi connectivity index (χ1v) is 8.39. The summed E-state index contributed by atoms with van der Waals surface area (Å²) in [6, 6.07) is 13.4. The van der Waals surface area contributed by atoms with Crippen LogP contribution in [0.25, 0.3) is 0 Å². The monoisotopic (exact) mass is 312 g/mol. The highest BCUT2D eigenvalue weighted by Gasteiger charge is 2.19. The summed E-state index contributed by atoms with van der Waals surface area (Å²) in [5.74, 6) is 1.78. The quantitative estimate of drug-likeness (QED) is 0.890. The highest BCUT2D eigenvalue weighted by molar-refractivity contribution is 5.94. The second kappa shape index (κ2) is 7.97. The van der Waals surface area contributed by atoms with Crippen molar-refractivity contribution < 1.29 is 9.21 Å². The minimum atomic E-state index is 0.0286. The highest BCUT2D eigenvalue weighted by atomic mass is 16.3. The van der Waals surface area contributed by atoms with Crippen molar-refractivity contribution in [1.29, 1.82) is 0 Å². The molecule has 0 aliphatic carbocycles. The van der Waals surface area contributed by atoms with Crippen LogP contribution in [0.3, 0.4) is 0 Å². The van der Waals surface area contributed by atoms with Gasteiger partial charge in [0.25, 0.3) is 5.91 Å². The summed E-state index contributed by atoms with van der Waals surface area (Å²) in [6.07, 6.45) is 5.19. The van der Waals surface area contributed by atoms with Crippen LogP contribution < -0.4 is 5.32 Å². The number of hydrogen-bond donors (Lipinski definition) is 1. The molecule has 1 aliphatic heterocycles. The van der Waals surface area contributed by atoms with Crippen LogP contribution in [0.5, 0.6) is 0 Å². The van der Waals surface area contributed by atoms with E-state index in [9.17, 15) is 4.79 Å². The lowest BCUT2D eigenvalue weighted by Gasteiger charge is -2.31. The molecule has 0 unspecified atom stereocenters. The van der Waals surface area contributed by atoms with Gasteiger partial charge in [-0.05, 0) is 62.5 Å². The van der Waals surface area contributed by atoms with Crippen LogP contribution in [0.15, 0.2) is 53.1 Å². The second-order valence-electron chi connectivity index (χ2n) is 6.21.